The third kappa shape index (κ3) is 5.57. The number of amides is 2. The van der Waals surface area contributed by atoms with E-state index >= 15 is 0 Å². The second-order valence-corrected chi connectivity index (χ2v) is 4.90. The third-order valence-corrected chi connectivity index (χ3v) is 3.05. The fourth-order valence-corrected chi connectivity index (χ4v) is 1.85. The molecule has 0 bridgehead atoms. The topological polar surface area (TPSA) is 79.8 Å². The zero-order chi connectivity index (χ0) is 17.2. The van der Waals surface area contributed by atoms with Crippen molar-refractivity contribution in [3.8, 4) is 5.75 Å². The Labute approximate surface area is 140 Å². The smallest absolute Gasteiger partial charge is 0.329 e. The van der Waals surface area contributed by atoms with Crippen molar-refractivity contribution < 1.29 is 14.3 Å². The predicted octanol–water partition coefficient (Wildman–Crippen LogP) is 1.85. The van der Waals surface area contributed by atoms with Gasteiger partial charge in [0.15, 0.2) is 0 Å². The van der Waals surface area contributed by atoms with Crippen molar-refractivity contribution in [1.82, 2.24) is 10.7 Å². The van der Waals surface area contributed by atoms with Gasteiger partial charge < -0.3 is 10.1 Å². The Morgan fingerprint density at radius 1 is 1.04 bits per heavy atom. The van der Waals surface area contributed by atoms with Crippen molar-refractivity contribution in [3.63, 3.8) is 0 Å². The first-order valence-corrected chi connectivity index (χ1v) is 7.57. The van der Waals surface area contributed by atoms with Gasteiger partial charge in [0.2, 0.25) is 0 Å². The van der Waals surface area contributed by atoms with Crippen LogP contribution in [0.3, 0.4) is 0 Å². The summed E-state index contributed by atoms with van der Waals surface area (Å²) in [6, 6.07) is 17.1. The van der Waals surface area contributed by atoms with Crippen LogP contribution in [0, 0.1) is 0 Å². The van der Waals surface area contributed by atoms with Crippen LogP contribution in [0.15, 0.2) is 59.7 Å². The molecule has 0 saturated carbocycles. The molecule has 0 aliphatic carbocycles. The van der Waals surface area contributed by atoms with E-state index in [1.165, 1.54) is 6.21 Å². The van der Waals surface area contributed by atoms with Crippen LogP contribution in [0.5, 0.6) is 5.75 Å². The maximum absolute atomic E-state index is 11.3. The molecule has 0 saturated heterocycles. The van der Waals surface area contributed by atoms with Crippen LogP contribution in [0.2, 0.25) is 0 Å². The molecule has 2 rings (SSSR count). The van der Waals surface area contributed by atoms with E-state index in [0.717, 1.165) is 16.9 Å². The molecule has 2 amide bonds. The van der Waals surface area contributed by atoms with E-state index in [1.54, 1.807) is 6.92 Å². The summed E-state index contributed by atoms with van der Waals surface area (Å²) in [7, 11) is 0. The quantitative estimate of drug-likeness (QED) is 0.483. The molecular formula is C18H19N3O3. The molecule has 0 spiro atoms. The van der Waals surface area contributed by atoms with Crippen LogP contribution in [0.1, 0.15) is 18.1 Å². The molecule has 6 nitrogen and oxygen atoms in total. The number of rotatable bonds is 6. The first kappa shape index (κ1) is 17.2. The number of nitrogens with one attached hydrogen (secondary N) is 2. The molecule has 24 heavy (non-hydrogen) atoms. The normalized spacial score (nSPS) is 10.4. The molecule has 2 aromatic rings. The molecule has 124 valence electrons. The van der Waals surface area contributed by atoms with Crippen molar-refractivity contribution in [2.75, 3.05) is 6.54 Å². The molecule has 0 unspecified atom stereocenters. The van der Waals surface area contributed by atoms with Crippen molar-refractivity contribution in [2.45, 2.75) is 13.5 Å². The van der Waals surface area contributed by atoms with Crippen LogP contribution < -0.4 is 15.5 Å². The average molecular weight is 325 g/mol. The van der Waals surface area contributed by atoms with Gasteiger partial charge in [0, 0.05) is 6.54 Å². The summed E-state index contributed by atoms with van der Waals surface area (Å²) < 4.78 is 5.68. The van der Waals surface area contributed by atoms with Crippen LogP contribution in [0.25, 0.3) is 0 Å². The summed E-state index contributed by atoms with van der Waals surface area (Å²) >= 11 is 0. The minimum absolute atomic E-state index is 0.389. The molecule has 0 fully saturated rings. The summed E-state index contributed by atoms with van der Waals surface area (Å²) in [6.45, 7) is 2.62. The Morgan fingerprint density at radius 2 is 1.75 bits per heavy atom. The van der Waals surface area contributed by atoms with Gasteiger partial charge in [0.25, 0.3) is 0 Å². The fraction of sp³-hybridized carbons (Fsp3) is 0.167. The maximum Gasteiger partial charge on any atom is 0.329 e. The highest BCUT2D eigenvalue weighted by molar-refractivity contribution is 6.35. The van der Waals surface area contributed by atoms with E-state index in [0.29, 0.717) is 13.2 Å². The van der Waals surface area contributed by atoms with Gasteiger partial charge in [-0.25, -0.2) is 5.43 Å². The number of likely N-dealkylation sites (N-methyl/N-ethyl adjacent to an activating group) is 1. The standard InChI is InChI=1S/C18H19N3O3/c1-2-19-17(22)18(23)21-20-12-14-8-10-16(11-9-14)24-13-15-6-4-3-5-7-15/h3-12H,2,13H2,1H3,(H,19,22)(H,21,23)/b20-12+. The summed E-state index contributed by atoms with van der Waals surface area (Å²) in [5.74, 6) is -0.766. The Hall–Kier alpha value is -3.15. The fourth-order valence-electron chi connectivity index (χ4n) is 1.85. The molecule has 2 aromatic carbocycles. The zero-order valence-corrected chi connectivity index (χ0v) is 13.4. The van der Waals surface area contributed by atoms with Gasteiger partial charge in [0.05, 0.1) is 6.21 Å². The number of ether oxygens (including phenoxy) is 1. The van der Waals surface area contributed by atoms with Gasteiger partial charge in [-0.15, -0.1) is 0 Å². The first-order chi connectivity index (χ1) is 11.7. The summed E-state index contributed by atoms with van der Waals surface area (Å²) in [5.41, 5.74) is 4.03. The van der Waals surface area contributed by atoms with Gasteiger partial charge in [-0.1, -0.05) is 30.3 Å². The van der Waals surface area contributed by atoms with E-state index in [1.807, 2.05) is 54.6 Å². The highest BCUT2D eigenvalue weighted by Gasteiger charge is 2.09. The van der Waals surface area contributed by atoms with Gasteiger partial charge in [-0.2, -0.15) is 5.10 Å². The Balaban J connectivity index is 1.82. The van der Waals surface area contributed by atoms with E-state index < -0.39 is 11.8 Å². The van der Waals surface area contributed by atoms with Gasteiger partial charge >= 0.3 is 11.8 Å². The van der Waals surface area contributed by atoms with E-state index in [9.17, 15) is 9.59 Å². The molecule has 0 atom stereocenters. The number of hydrazone groups is 1. The van der Waals surface area contributed by atoms with E-state index in [-0.39, 0.29) is 0 Å². The number of benzene rings is 2. The third-order valence-electron chi connectivity index (χ3n) is 3.05. The number of nitrogens with zero attached hydrogens (tertiary/aromatic N) is 1. The Bertz CT molecular complexity index is 697. The SMILES string of the molecule is CCNC(=O)C(=O)N/N=C/c1ccc(OCc2ccccc2)cc1. The number of hydrogen-bond acceptors (Lipinski definition) is 4. The predicted molar refractivity (Wildman–Crippen MR) is 91.6 cm³/mol. The molecule has 0 aliphatic rings. The lowest BCUT2D eigenvalue weighted by molar-refractivity contribution is -0.139. The van der Waals surface area contributed by atoms with Gasteiger partial charge in [-0.3, -0.25) is 9.59 Å². The highest BCUT2D eigenvalue weighted by atomic mass is 16.5. The first-order valence-electron chi connectivity index (χ1n) is 7.57. The summed E-state index contributed by atoms with van der Waals surface area (Å²) in [5, 5.41) is 6.13. The molecule has 0 heterocycles. The van der Waals surface area contributed by atoms with E-state index in [4.69, 9.17) is 4.74 Å². The Morgan fingerprint density at radius 3 is 2.42 bits per heavy atom. The zero-order valence-electron chi connectivity index (χ0n) is 13.4. The lowest BCUT2D eigenvalue weighted by Gasteiger charge is -2.06. The van der Waals surface area contributed by atoms with Crippen LogP contribution in [-0.2, 0) is 16.2 Å². The molecule has 2 N–H and O–H groups in total. The average Bonchev–Trinajstić information content (AvgIpc) is 2.62. The molecule has 0 radical (unpaired) electrons. The number of hydrogen-bond donors (Lipinski definition) is 2. The van der Waals surface area contributed by atoms with Crippen LogP contribution in [-0.4, -0.2) is 24.6 Å². The molecular weight excluding hydrogens is 306 g/mol. The van der Waals surface area contributed by atoms with Crippen LogP contribution in [0.4, 0.5) is 0 Å². The summed E-state index contributed by atoms with van der Waals surface area (Å²) in [4.78, 5) is 22.5. The second-order valence-electron chi connectivity index (χ2n) is 4.90. The maximum atomic E-state index is 11.3. The molecule has 0 aliphatic heterocycles. The highest BCUT2D eigenvalue weighted by Crippen LogP contribution is 2.13. The monoisotopic (exact) mass is 325 g/mol. The largest absolute Gasteiger partial charge is 0.489 e. The van der Waals surface area contributed by atoms with Crippen molar-refractivity contribution >= 4 is 18.0 Å². The van der Waals surface area contributed by atoms with Crippen LogP contribution >= 0.6 is 0 Å². The minimum Gasteiger partial charge on any atom is -0.489 e. The minimum atomic E-state index is -0.795. The summed E-state index contributed by atoms with van der Waals surface area (Å²) in [6.07, 6.45) is 1.46. The van der Waals surface area contributed by atoms with Crippen molar-refractivity contribution in [3.05, 3.63) is 65.7 Å². The number of carbonyl (C=O) groups excluding carboxylic acids is 2. The van der Waals surface area contributed by atoms with Gasteiger partial charge in [-0.05, 0) is 42.3 Å². The van der Waals surface area contributed by atoms with Crippen molar-refractivity contribution in [1.29, 1.82) is 0 Å². The number of carbonyl (C=O) groups is 2. The van der Waals surface area contributed by atoms with E-state index in [2.05, 4.69) is 15.8 Å². The lowest BCUT2D eigenvalue weighted by Crippen LogP contribution is -2.37. The second kappa shape index (κ2) is 9.09. The van der Waals surface area contributed by atoms with Gasteiger partial charge in [0.1, 0.15) is 12.4 Å². The van der Waals surface area contributed by atoms with Crippen molar-refractivity contribution in [2.24, 2.45) is 5.10 Å². The molecule has 0 aromatic heterocycles. The lowest BCUT2D eigenvalue weighted by atomic mass is 10.2. The molecule has 6 heteroatoms. The Kier molecular flexibility index (Phi) is 6.52.